The molecule has 1 aliphatic rings. The smallest absolute Gasteiger partial charge is 0.111 e. The van der Waals surface area contributed by atoms with Crippen LogP contribution in [0.3, 0.4) is 0 Å². The van der Waals surface area contributed by atoms with E-state index >= 15 is 0 Å². The Kier molecular flexibility index (Phi) is 2.93. The second kappa shape index (κ2) is 7.91. The molecule has 2 heteroatoms. The lowest BCUT2D eigenvalue weighted by atomic mass is 9.81. The third kappa shape index (κ3) is 3.00. The predicted octanol–water partition coefficient (Wildman–Crippen LogP) is 9.61. The fourth-order valence-corrected chi connectivity index (χ4v) is 6.15. The van der Waals surface area contributed by atoms with E-state index in [9.17, 15) is 4.11 Å². The summed E-state index contributed by atoms with van der Waals surface area (Å²) in [5.74, 6) is -0.0930. The van der Waals surface area contributed by atoms with E-state index in [-0.39, 0.29) is 58.8 Å². The van der Waals surface area contributed by atoms with Crippen LogP contribution in [0.5, 0.6) is 0 Å². The van der Waals surface area contributed by atoms with Crippen LogP contribution in [-0.2, 0) is 5.41 Å². The van der Waals surface area contributed by atoms with E-state index < -0.39 is 18.3 Å². The Balaban J connectivity index is 1.55. The third-order valence-corrected chi connectivity index (χ3v) is 7.94. The molecule has 6 aromatic carbocycles. The van der Waals surface area contributed by atoms with Crippen molar-refractivity contribution >= 4 is 32.6 Å². The molecule has 0 N–H and O–H groups in total. The molecule has 0 fully saturated rings. The quantitative estimate of drug-likeness (QED) is 0.212. The zero-order valence-corrected chi connectivity index (χ0v) is 21.3. The van der Waals surface area contributed by atoms with Crippen LogP contribution in [0.1, 0.15) is 44.5 Å². The molecule has 0 atom stereocenters. The molecule has 186 valence electrons. The van der Waals surface area contributed by atoms with Gasteiger partial charge in [0, 0.05) is 20.3 Å². The first-order valence-corrected chi connectivity index (χ1v) is 12.9. The average molecular weight is 511 g/mol. The molecule has 0 radical (unpaired) electrons. The summed E-state index contributed by atoms with van der Waals surface area (Å²) in [4.78, 5) is 4.55. The van der Waals surface area contributed by atoms with Gasteiger partial charge in [-0.1, -0.05) is 111 Å². The Morgan fingerprint density at radius 1 is 0.718 bits per heavy atom. The second-order valence-electron chi connectivity index (χ2n) is 10.4. The Morgan fingerprint density at radius 3 is 2.10 bits per heavy atom. The van der Waals surface area contributed by atoms with Gasteiger partial charge in [-0.15, -0.1) is 0 Å². The first-order chi connectivity index (χ1) is 23.2. The first kappa shape index (κ1) is 14.5. The number of nitrogens with zero attached hydrogens (tertiary/aromatic N) is 2. The van der Waals surface area contributed by atoms with Gasteiger partial charge in [0.05, 0.1) is 26.3 Å². The molecule has 39 heavy (non-hydrogen) atoms. The number of hydrogen-bond acceptors (Lipinski definition) is 1. The molecule has 0 spiro atoms. The van der Waals surface area contributed by atoms with Crippen LogP contribution in [0.4, 0.5) is 0 Å². The van der Waals surface area contributed by atoms with Crippen LogP contribution in [0.2, 0.25) is 0 Å². The minimum absolute atomic E-state index is 0.0339. The summed E-state index contributed by atoms with van der Waals surface area (Å²) in [6.45, 7) is 1.04. The Morgan fingerprint density at radius 2 is 1.36 bits per heavy atom. The van der Waals surface area contributed by atoms with E-state index in [0.29, 0.717) is 55.0 Å². The number of fused-ring (bicyclic) bond motifs is 6. The number of rotatable bonds is 2. The van der Waals surface area contributed by atoms with Crippen molar-refractivity contribution in [2.75, 3.05) is 0 Å². The van der Waals surface area contributed by atoms with Gasteiger partial charge in [0.15, 0.2) is 0 Å². The zero-order chi connectivity index (χ0) is 34.9. The summed E-state index contributed by atoms with van der Waals surface area (Å²) in [7, 11) is 0. The van der Waals surface area contributed by atoms with Crippen molar-refractivity contribution < 1.29 is 13.7 Å². The summed E-state index contributed by atoms with van der Waals surface area (Å²) >= 11 is 0. The molecule has 0 amide bonds. The highest BCUT2D eigenvalue weighted by molar-refractivity contribution is 6.18. The minimum Gasteiger partial charge on any atom is -0.295 e. The van der Waals surface area contributed by atoms with E-state index in [1.165, 1.54) is 0 Å². The molecule has 0 saturated carbocycles. The highest BCUT2D eigenvalue weighted by Crippen LogP contribution is 2.51. The summed E-state index contributed by atoms with van der Waals surface area (Å²) in [6.07, 6.45) is 0. The normalized spacial score (nSPS) is 17.7. The fourth-order valence-electron chi connectivity index (χ4n) is 6.15. The van der Waals surface area contributed by atoms with Gasteiger partial charge in [-0.3, -0.25) is 4.57 Å². The van der Waals surface area contributed by atoms with Crippen LogP contribution in [0.15, 0.2) is 115 Å². The standard InChI is InChI=1S/C37H28N2/c1-23-38-33-18-10-11-19-34(33)39(23)36-29-15-6-4-13-27(29)35(28-14-5-7-16-30(28)36)24-20-21-26-25-12-8-9-17-31(25)37(2,3)32(26)22-24/h4-22H,1-3H3/i1D3,8D,9D,12D,17D,20D,21D,22D. The van der Waals surface area contributed by atoms with E-state index in [1.807, 2.05) is 66.7 Å². The number of aromatic nitrogens is 2. The number of aryl methyl sites for hydroxylation is 1. The lowest BCUT2D eigenvalue weighted by Crippen LogP contribution is -2.14. The van der Waals surface area contributed by atoms with Gasteiger partial charge in [-0.05, 0) is 69.2 Å². The van der Waals surface area contributed by atoms with Crippen molar-refractivity contribution in [3.05, 3.63) is 132 Å². The van der Waals surface area contributed by atoms with Crippen LogP contribution in [-0.4, -0.2) is 9.55 Å². The molecule has 8 rings (SSSR count). The highest BCUT2D eigenvalue weighted by atomic mass is 15.1. The van der Waals surface area contributed by atoms with Gasteiger partial charge >= 0.3 is 0 Å². The van der Waals surface area contributed by atoms with Gasteiger partial charge in [-0.25, -0.2) is 4.98 Å². The average Bonchev–Trinajstić information content (AvgIpc) is 3.58. The van der Waals surface area contributed by atoms with E-state index in [0.717, 1.165) is 0 Å². The molecule has 0 aliphatic heterocycles. The Labute approximate surface area is 242 Å². The predicted molar refractivity (Wildman–Crippen MR) is 164 cm³/mol. The summed E-state index contributed by atoms with van der Waals surface area (Å²) in [6, 6.07) is 20.3. The summed E-state index contributed by atoms with van der Waals surface area (Å²) in [5.41, 5.74) is 2.42. The van der Waals surface area contributed by atoms with Gasteiger partial charge in [0.1, 0.15) is 5.82 Å². The number of benzene rings is 6. The lowest BCUT2D eigenvalue weighted by Gasteiger charge is -2.23. The molecule has 0 bridgehead atoms. The molecule has 1 heterocycles. The third-order valence-electron chi connectivity index (χ3n) is 7.94. The second-order valence-corrected chi connectivity index (χ2v) is 10.4. The SMILES string of the molecule is [2H]c1c([2H])c([2H])c2c(c1[2H])-c1c([2H])c([2H])c(-c3c4ccccc4c(-n4c(C([2H])([2H])[2H])nc5ccccc54)c4ccccc34)c([2H])c1C2(C)C. The molecule has 2 nitrogen and oxygen atoms in total. The maximum absolute atomic E-state index is 9.74. The van der Waals surface area contributed by atoms with Crippen LogP contribution in [0, 0.1) is 6.85 Å². The molecular formula is C37H28N2. The van der Waals surface area contributed by atoms with E-state index in [4.69, 9.17) is 9.60 Å². The molecule has 1 aliphatic carbocycles. The minimum atomic E-state index is -2.55. The molecule has 1 aromatic heterocycles. The number of para-hydroxylation sites is 2. The zero-order valence-electron chi connectivity index (χ0n) is 31.3. The fraction of sp³-hybridized carbons (Fsp3) is 0.108. The topological polar surface area (TPSA) is 17.8 Å². The van der Waals surface area contributed by atoms with Crippen molar-refractivity contribution in [3.8, 4) is 27.9 Å². The van der Waals surface area contributed by atoms with E-state index in [2.05, 4.69) is 4.98 Å². The van der Waals surface area contributed by atoms with Crippen molar-refractivity contribution in [3.63, 3.8) is 0 Å². The van der Waals surface area contributed by atoms with Crippen LogP contribution < -0.4 is 0 Å². The van der Waals surface area contributed by atoms with Crippen LogP contribution in [0.25, 0.3) is 60.5 Å². The molecular weight excluding hydrogens is 472 g/mol. The van der Waals surface area contributed by atoms with Crippen molar-refractivity contribution in [2.45, 2.75) is 26.1 Å². The van der Waals surface area contributed by atoms with Gasteiger partial charge < -0.3 is 0 Å². The summed E-state index contributed by atoms with van der Waals surface area (Å²) < 4.78 is 89.7. The number of imidazole rings is 1. The van der Waals surface area contributed by atoms with Crippen molar-refractivity contribution in [2.24, 2.45) is 0 Å². The lowest BCUT2D eigenvalue weighted by molar-refractivity contribution is 0.660. The maximum Gasteiger partial charge on any atom is 0.111 e. The van der Waals surface area contributed by atoms with Gasteiger partial charge in [-0.2, -0.15) is 0 Å². The van der Waals surface area contributed by atoms with Crippen molar-refractivity contribution in [1.29, 1.82) is 0 Å². The molecule has 0 unspecified atom stereocenters. The Bertz CT molecular complexity index is 2540. The van der Waals surface area contributed by atoms with Crippen molar-refractivity contribution in [1.82, 2.24) is 9.55 Å². The number of hydrogen-bond donors (Lipinski definition) is 0. The molecule has 7 aromatic rings. The highest BCUT2D eigenvalue weighted by Gasteiger charge is 2.35. The van der Waals surface area contributed by atoms with Gasteiger partial charge in [0.25, 0.3) is 0 Å². The summed E-state index contributed by atoms with van der Waals surface area (Å²) in [5, 5.41) is 2.62. The monoisotopic (exact) mass is 510 g/mol. The van der Waals surface area contributed by atoms with Gasteiger partial charge in [0.2, 0.25) is 0 Å². The largest absolute Gasteiger partial charge is 0.295 e. The maximum atomic E-state index is 9.74. The van der Waals surface area contributed by atoms with Crippen LogP contribution >= 0.6 is 0 Å². The van der Waals surface area contributed by atoms with E-state index in [1.54, 1.807) is 24.5 Å². The Hall–Kier alpha value is -4.69. The first-order valence-electron chi connectivity index (χ1n) is 17.9. The molecule has 0 saturated heterocycles.